The van der Waals surface area contributed by atoms with Crippen molar-refractivity contribution in [3.8, 4) is 0 Å². The van der Waals surface area contributed by atoms with Gasteiger partial charge in [0.25, 0.3) is 0 Å². The van der Waals surface area contributed by atoms with Crippen LogP contribution in [0.2, 0.25) is 0 Å². The van der Waals surface area contributed by atoms with E-state index in [0.29, 0.717) is 6.42 Å². The summed E-state index contributed by atoms with van der Waals surface area (Å²) in [7, 11) is 0. The molecule has 0 saturated heterocycles. The molecule has 1 rings (SSSR count). The van der Waals surface area contributed by atoms with Crippen molar-refractivity contribution in [3.05, 3.63) is 11.1 Å². The lowest BCUT2D eigenvalue weighted by Gasteiger charge is -1.96. The summed E-state index contributed by atoms with van der Waals surface area (Å²) in [5.74, 6) is -0.660. The van der Waals surface area contributed by atoms with Gasteiger partial charge in [-0.25, -0.2) is 0 Å². The maximum Gasteiger partial charge on any atom is 0.303 e. The van der Waals surface area contributed by atoms with Crippen molar-refractivity contribution in [2.45, 2.75) is 77.6 Å². The van der Waals surface area contributed by atoms with Gasteiger partial charge >= 0.3 is 5.97 Å². The second kappa shape index (κ2) is 8.32. The molecule has 2 nitrogen and oxygen atoms in total. The van der Waals surface area contributed by atoms with Crippen molar-refractivity contribution < 1.29 is 9.90 Å². The van der Waals surface area contributed by atoms with Gasteiger partial charge in [0, 0.05) is 6.42 Å². The number of aliphatic carboxylic acids is 1. The fourth-order valence-corrected chi connectivity index (χ4v) is 2.30. The molecule has 17 heavy (non-hydrogen) atoms. The third kappa shape index (κ3) is 7.19. The lowest BCUT2D eigenvalue weighted by molar-refractivity contribution is -0.137. The lowest BCUT2D eigenvalue weighted by atomic mass is 10.1. The predicted molar refractivity (Wildman–Crippen MR) is 71.1 cm³/mol. The van der Waals surface area contributed by atoms with Crippen molar-refractivity contribution in [2.75, 3.05) is 0 Å². The summed E-state index contributed by atoms with van der Waals surface area (Å²) in [6.07, 6.45) is 12.7. The highest BCUT2D eigenvalue weighted by molar-refractivity contribution is 5.66. The summed E-state index contributed by atoms with van der Waals surface area (Å²) < 4.78 is 0. The Bertz CT molecular complexity index is 266. The summed E-state index contributed by atoms with van der Waals surface area (Å²) in [4.78, 5) is 10.3. The van der Waals surface area contributed by atoms with E-state index in [-0.39, 0.29) is 0 Å². The molecular weight excluding hydrogens is 212 g/mol. The Labute approximate surface area is 105 Å². The minimum Gasteiger partial charge on any atom is -0.481 e. The zero-order valence-electron chi connectivity index (χ0n) is 11.1. The number of carboxylic acids is 1. The molecule has 0 aromatic carbocycles. The number of carboxylic acid groups (broad SMARTS) is 1. The fourth-order valence-electron chi connectivity index (χ4n) is 2.30. The minimum atomic E-state index is -0.660. The number of allylic oxidation sites excluding steroid dienone is 2. The van der Waals surface area contributed by atoms with Gasteiger partial charge in [0.05, 0.1) is 0 Å². The van der Waals surface area contributed by atoms with Crippen molar-refractivity contribution in [2.24, 2.45) is 0 Å². The largest absolute Gasteiger partial charge is 0.481 e. The summed E-state index contributed by atoms with van der Waals surface area (Å²) in [5.41, 5.74) is 3.39. The van der Waals surface area contributed by atoms with E-state index in [4.69, 9.17) is 5.11 Å². The van der Waals surface area contributed by atoms with E-state index in [1.54, 1.807) is 11.1 Å². The van der Waals surface area contributed by atoms with Crippen LogP contribution in [0.4, 0.5) is 0 Å². The molecule has 0 saturated carbocycles. The highest BCUT2D eigenvalue weighted by Gasteiger charge is 2.19. The Balaban J connectivity index is 1.91. The first kappa shape index (κ1) is 14.3. The van der Waals surface area contributed by atoms with Crippen molar-refractivity contribution >= 4 is 5.97 Å². The molecule has 0 atom stereocenters. The van der Waals surface area contributed by atoms with E-state index in [1.165, 1.54) is 51.4 Å². The molecule has 2 heteroatoms. The average Bonchev–Trinajstić information content (AvgIpc) is 3.02. The smallest absolute Gasteiger partial charge is 0.303 e. The van der Waals surface area contributed by atoms with Crippen LogP contribution in [0.25, 0.3) is 0 Å². The molecule has 98 valence electrons. The topological polar surface area (TPSA) is 37.3 Å². The molecule has 1 aliphatic rings. The van der Waals surface area contributed by atoms with Crippen LogP contribution in [0, 0.1) is 0 Å². The third-order valence-corrected chi connectivity index (χ3v) is 3.50. The first-order valence-electron chi connectivity index (χ1n) is 7.15. The lowest BCUT2D eigenvalue weighted by Crippen LogP contribution is -1.93. The van der Waals surface area contributed by atoms with Gasteiger partial charge in [-0.3, -0.25) is 4.79 Å². The predicted octanol–water partition coefficient (Wildman–Crippen LogP) is 4.69. The van der Waals surface area contributed by atoms with Crippen LogP contribution in [-0.2, 0) is 4.79 Å². The van der Waals surface area contributed by atoms with Gasteiger partial charge in [-0.15, -0.1) is 0 Å². The quantitative estimate of drug-likeness (QED) is 0.419. The van der Waals surface area contributed by atoms with E-state index in [0.717, 1.165) is 12.8 Å². The fraction of sp³-hybridized carbons (Fsp3) is 0.800. The van der Waals surface area contributed by atoms with Crippen LogP contribution in [0.5, 0.6) is 0 Å². The first-order chi connectivity index (χ1) is 8.24. The SMILES string of the molecule is CCCCCCC1=C(CCCCCC(=O)O)C1. The van der Waals surface area contributed by atoms with Gasteiger partial charge in [-0.05, 0) is 38.5 Å². The summed E-state index contributed by atoms with van der Waals surface area (Å²) in [6.45, 7) is 2.25. The molecule has 0 fully saturated rings. The van der Waals surface area contributed by atoms with Crippen molar-refractivity contribution in [1.29, 1.82) is 0 Å². The van der Waals surface area contributed by atoms with Crippen LogP contribution in [0.3, 0.4) is 0 Å². The molecule has 0 aromatic heterocycles. The molecule has 0 bridgehead atoms. The number of hydrogen-bond donors (Lipinski definition) is 1. The van der Waals surface area contributed by atoms with Crippen LogP contribution < -0.4 is 0 Å². The number of unbranched alkanes of at least 4 members (excludes halogenated alkanes) is 5. The molecule has 0 heterocycles. The van der Waals surface area contributed by atoms with E-state index >= 15 is 0 Å². The third-order valence-electron chi connectivity index (χ3n) is 3.50. The zero-order valence-corrected chi connectivity index (χ0v) is 11.1. The standard InChI is InChI=1S/C15H26O2/c1-2-3-4-6-9-13-12-14(13)10-7-5-8-11-15(16)17/h2-12H2,1H3,(H,16,17). The highest BCUT2D eigenvalue weighted by Crippen LogP contribution is 2.38. The van der Waals surface area contributed by atoms with E-state index in [2.05, 4.69) is 6.92 Å². The van der Waals surface area contributed by atoms with Crippen molar-refractivity contribution in [3.63, 3.8) is 0 Å². The highest BCUT2D eigenvalue weighted by atomic mass is 16.4. The Morgan fingerprint density at radius 2 is 1.59 bits per heavy atom. The normalized spacial score (nSPS) is 14.2. The molecule has 0 amide bonds. The summed E-state index contributed by atoms with van der Waals surface area (Å²) in [5, 5.41) is 8.51. The van der Waals surface area contributed by atoms with Gasteiger partial charge in [0.1, 0.15) is 0 Å². The molecule has 0 spiro atoms. The second-order valence-electron chi connectivity index (χ2n) is 5.15. The van der Waals surface area contributed by atoms with Crippen LogP contribution in [0.1, 0.15) is 77.6 Å². The number of rotatable bonds is 11. The average molecular weight is 238 g/mol. The van der Waals surface area contributed by atoms with Crippen molar-refractivity contribution in [1.82, 2.24) is 0 Å². The van der Waals surface area contributed by atoms with Crippen LogP contribution in [0.15, 0.2) is 11.1 Å². The molecule has 0 radical (unpaired) electrons. The first-order valence-corrected chi connectivity index (χ1v) is 7.15. The Morgan fingerprint density at radius 3 is 2.12 bits per heavy atom. The molecule has 0 aliphatic heterocycles. The van der Waals surface area contributed by atoms with Gasteiger partial charge < -0.3 is 5.11 Å². The molecule has 1 aliphatic carbocycles. The van der Waals surface area contributed by atoms with Gasteiger partial charge in [-0.2, -0.15) is 0 Å². The minimum absolute atomic E-state index is 0.336. The monoisotopic (exact) mass is 238 g/mol. The zero-order chi connectivity index (χ0) is 12.5. The molecule has 0 unspecified atom stereocenters. The van der Waals surface area contributed by atoms with E-state index in [1.807, 2.05) is 0 Å². The van der Waals surface area contributed by atoms with E-state index < -0.39 is 5.97 Å². The van der Waals surface area contributed by atoms with Gasteiger partial charge in [0.15, 0.2) is 0 Å². The molecular formula is C15H26O2. The number of hydrogen-bond acceptors (Lipinski definition) is 1. The molecule has 0 aromatic rings. The Morgan fingerprint density at radius 1 is 1.00 bits per heavy atom. The second-order valence-corrected chi connectivity index (χ2v) is 5.15. The van der Waals surface area contributed by atoms with Crippen LogP contribution >= 0.6 is 0 Å². The summed E-state index contributed by atoms with van der Waals surface area (Å²) >= 11 is 0. The van der Waals surface area contributed by atoms with Gasteiger partial charge in [-0.1, -0.05) is 43.8 Å². The number of carbonyl (C=O) groups is 1. The van der Waals surface area contributed by atoms with Gasteiger partial charge in [0.2, 0.25) is 0 Å². The van der Waals surface area contributed by atoms with Crippen LogP contribution in [-0.4, -0.2) is 11.1 Å². The molecule has 1 N–H and O–H groups in total. The summed E-state index contributed by atoms with van der Waals surface area (Å²) in [6, 6.07) is 0. The Hall–Kier alpha value is -0.790. The van der Waals surface area contributed by atoms with E-state index in [9.17, 15) is 4.79 Å². The maximum absolute atomic E-state index is 10.3. The Kier molecular flexibility index (Phi) is 6.99. The maximum atomic E-state index is 10.3.